The van der Waals surface area contributed by atoms with Crippen molar-refractivity contribution < 1.29 is 12.6 Å². The van der Waals surface area contributed by atoms with Crippen LogP contribution in [0.25, 0.3) is 6.08 Å². The molecule has 0 aromatic heterocycles. The standard InChI is InChI=1S/C14H17.C5H5.7CH3.Hf/c1-4-5-12-6-7-13-8-10(2)11(3)9-14(12)13;1-2-4-5-3-1;;;;;;;;/h6-9H,4-5H2,1-3H3;1-5H;7*1H3;. The molecule has 151 valence electrons. The van der Waals surface area contributed by atoms with Gasteiger partial charge in [0.05, 0.1) is 0 Å². The van der Waals surface area contributed by atoms with Crippen LogP contribution in [-0.4, -0.2) is 0 Å². The minimum atomic E-state index is -5.53. The molecule has 27 heavy (non-hydrogen) atoms. The van der Waals surface area contributed by atoms with E-state index in [2.05, 4.69) is 102 Å². The third kappa shape index (κ3) is 2.24. The van der Waals surface area contributed by atoms with Crippen molar-refractivity contribution in [3.8, 4) is 0 Å². The Morgan fingerprint density at radius 3 is 1.89 bits per heavy atom. The van der Waals surface area contributed by atoms with Gasteiger partial charge in [-0.2, -0.15) is 0 Å². The summed E-state index contributed by atoms with van der Waals surface area (Å²) in [5, 5.41) is 0. The van der Waals surface area contributed by atoms with Gasteiger partial charge in [-0.15, -0.1) is 0 Å². The molecule has 0 heterocycles. The zero-order valence-corrected chi connectivity index (χ0v) is 23.2. The second-order valence-corrected chi connectivity index (χ2v) is 129. The molecule has 1 aromatic carbocycles. The molecule has 0 N–H and O–H groups in total. The van der Waals surface area contributed by atoms with Gasteiger partial charge in [-0.3, -0.25) is 0 Å². The number of rotatable bonds is 4. The molecule has 0 fully saturated rings. The summed E-state index contributed by atoms with van der Waals surface area (Å²) in [6.45, 7) is 6.87. The maximum absolute atomic E-state index is 5.53. The van der Waals surface area contributed by atoms with Gasteiger partial charge in [-0.25, -0.2) is 0 Å². The van der Waals surface area contributed by atoms with Gasteiger partial charge in [0.2, 0.25) is 0 Å². The van der Waals surface area contributed by atoms with Gasteiger partial charge in [0, 0.05) is 0 Å². The van der Waals surface area contributed by atoms with E-state index in [1.54, 1.807) is 5.56 Å². The van der Waals surface area contributed by atoms with E-state index in [4.69, 9.17) is 0 Å². The van der Waals surface area contributed by atoms with Crippen molar-refractivity contribution in [3.05, 3.63) is 64.8 Å². The van der Waals surface area contributed by atoms with Crippen LogP contribution >= 0.6 is 0 Å². The summed E-state index contributed by atoms with van der Waals surface area (Å²) in [7, 11) is 0. The molecule has 0 saturated heterocycles. The summed E-state index contributed by atoms with van der Waals surface area (Å²) in [6.07, 6.45) is 16.9. The molecule has 0 saturated carbocycles. The van der Waals surface area contributed by atoms with E-state index < -0.39 is 12.6 Å². The zero-order chi connectivity index (χ0) is 20.8. The minimum absolute atomic E-state index is 0.00617. The van der Waals surface area contributed by atoms with Crippen molar-refractivity contribution in [2.24, 2.45) is 0 Å². The first-order valence-electron chi connectivity index (χ1n) is 11.1. The van der Waals surface area contributed by atoms with Gasteiger partial charge in [0.1, 0.15) is 0 Å². The zero-order valence-electron chi connectivity index (χ0n) is 19.6. The van der Waals surface area contributed by atoms with Crippen LogP contribution in [-0.2, 0) is 15.8 Å². The first-order chi connectivity index (χ1) is 11.6. The molecule has 2 aliphatic carbocycles. The Kier molecular flexibility index (Phi) is 2.65. The fourth-order valence-corrected chi connectivity index (χ4v) is 41.0. The van der Waals surface area contributed by atoms with Crippen LogP contribution in [0.4, 0.5) is 0 Å². The van der Waals surface area contributed by atoms with Crippen molar-refractivity contribution in [3.63, 3.8) is 0 Å². The van der Waals surface area contributed by atoms with Crippen LogP contribution < -0.4 is 0 Å². The Morgan fingerprint density at radius 1 is 0.852 bits per heavy atom. The summed E-state index contributed by atoms with van der Waals surface area (Å²) in [5.41, 5.74) is 5.79. The number of hydrogen-bond acceptors (Lipinski definition) is 0. The Bertz CT molecular complexity index is 996. The molecule has 3 rings (SSSR count). The molecule has 0 amide bonds. The van der Waals surface area contributed by atoms with Crippen molar-refractivity contribution in [2.45, 2.75) is 73.2 Å². The van der Waals surface area contributed by atoms with Crippen molar-refractivity contribution in [2.75, 3.05) is 0 Å². The molecule has 0 radical (unpaired) electrons. The number of hydrogen-bond donors (Lipinski definition) is 0. The molecular weight excluding hydrogens is 491 g/mol. The molecule has 2 aliphatic rings. The van der Waals surface area contributed by atoms with Crippen LogP contribution in [0, 0.1) is 13.8 Å². The number of benzene rings is 1. The van der Waals surface area contributed by atoms with Gasteiger partial charge in [0.15, 0.2) is 0 Å². The normalized spacial score (nSPS) is 29.9. The van der Waals surface area contributed by atoms with E-state index >= 15 is 0 Å². The third-order valence-corrected chi connectivity index (χ3v) is 56.1. The number of allylic oxidation sites excluding steroid dienone is 5. The summed E-state index contributed by atoms with van der Waals surface area (Å²) in [4.78, 5) is 0. The second-order valence-electron chi connectivity index (χ2n) is 20.3. The van der Waals surface area contributed by atoms with Crippen molar-refractivity contribution >= 4 is 6.08 Å². The molecule has 1 heteroatoms. The summed E-state index contributed by atoms with van der Waals surface area (Å²) in [5.74, 6) is 0. The Morgan fingerprint density at radius 2 is 1.37 bits per heavy atom. The molecule has 1 aromatic rings. The monoisotopic (exact) mass is 535 g/mol. The summed E-state index contributed by atoms with van der Waals surface area (Å²) >= 11 is -5.53. The van der Waals surface area contributed by atoms with Gasteiger partial charge < -0.3 is 0 Å². The van der Waals surface area contributed by atoms with Crippen LogP contribution in [0.5, 0.6) is 0 Å². The Balaban J connectivity index is 2.65. The average Bonchev–Trinajstić information content (AvgIpc) is 3.09. The van der Waals surface area contributed by atoms with E-state index in [9.17, 15) is 0 Å². The molecule has 0 spiro atoms. The predicted molar refractivity (Wildman–Crippen MR) is 125 cm³/mol. The molecule has 1 unspecified atom stereocenters. The average molecular weight is 534 g/mol. The van der Waals surface area contributed by atoms with E-state index in [1.165, 1.54) is 29.5 Å². The molecule has 0 bridgehead atoms. The van der Waals surface area contributed by atoms with E-state index in [0.717, 1.165) is 0 Å². The molecular formula is C26H43Hf. The van der Waals surface area contributed by atoms with Crippen molar-refractivity contribution in [1.29, 1.82) is 0 Å². The SMILES string of the molecule is CCC[C]1([Hf]([CH3])([CH3])([CH3])([CH3])([CH3])([CH3])([CH3])[CH]2C=CC=C2)C=Cc2cc(C)c(C)cc21. The molecule has 0 nitrogen and oxygen atoms in total. The fourth-order valence-electron chi connectivity index (χ4n) is 7.07. The maximum atomic E-state index is 2.72. The summed E-state index contributed by atoms with van der Waals surface area (Å²) in [6, 6.07) is 4.93. The van der Waals surface area contributed by atoms with Gasteiger partial charge >= 0.3 is 157 Å². The number of aryl methyl sites for hydroxylation is 2. The fraction of sp³-hybridized carbons (Fsp3) is 0.538. The summed E-state index contributed by atoms with van der Waals surface area (Å²) < 4.78 is 19.4. The molecule has 0 aliphatic heterocycles. The van der Waals surface area contributed by atoms with Gasteiger partial charge in [0.25, 0.3) is 0 Å². The van der Waals surface area contributed by atoms with E-state index in [0.29, 0.717) is 3.67 Å². The third-order valence-electron chi connectivity index (χ3n) is 9.97. The Hall–Kier alpha value is -0.690. The van der Waals surface area contributed by atoms with Crippen molar-refractivity contribution in [1.82, 2.24) is 0 Å². The molecule has 1 atom stereocenters. The second kappa shape index (κ2) is 3.40. The Labute approximate surface area is 156 Å². The van der Waals surface area contributed by atoms with Gasteiger partial charge in [-0.05, 0) is 0 Å². The van der Waals surface area contributed by atoms with Crippen LogP contribution in [0.15, 0.2) is 42.5 Å². The van der Waals surface area contributed by atoms with E-state index in [-0.39, 0.29) is 3.17 Å². The topological polar surface area (TPSA) is 0 Å². The quantitative estimate of drug-likeness (QED) is 0.338. The van der Waals surface area contributed by atoms with Gasteiger partial charge in [-0.1, -0.05) is 0 Å². The predicted octanol–water partition coefficient (Wildman–Crippen LogP) is 9.41. The van der Waals surface area contributed by atoms with Crippen LogP contribution in [0.2, 0.25) is 36.4 Å². The van der Waals surface area contributed by atoms with E-state index in [1.807, 2.05) is 0 Å². The van der Waals surface area contributed by atoms with Crippen LogP contribution in [0.3, 0.4) is 0 Å². The first kappa shape index (κ1) is 21.0. The van der Waals surface area contributed by atoms with Crippen LogP contribution in [0.1, 0.15) is 42.0 Å². The first-order valence-corrected chi connectivity index (χ1v) is 40.1. The number of fused-ring (bicyclic) bond motifs is 1.